The minimum Gasteiger partial charge on any atom is -0.384 e. The number of hydrogen-bond acceptors (Lipinski definition) is 4. The fourth-order valence-corrected chi connectivity index (χ4v) is 3.21. The Morgan fingerprint density at radius 1 is 1.52 bits per heavy atom. The maximum atomic E-state index is 12.4. The molecule has 3 N–H and O–H groups in total. The summed E-state index contributed by atoms with van der Waals surface area (Å²) in [6.45, 7) is 6.10. The average molecular weight is 319 g/mol. The maximum absolute atomic E-state index is 12.4. The van der Waals surface area contributed by atoms with Crippen molar-refractivity contribution in [3.05, 3.63) is 57.4 Å². The van der Waals surface area contributed by atoms with Crippen molar-refractivity contribution in [2.24, 2.45) is 0 Å². The van der Waals surface area contributed by atoms with E-state index < -0.39 is 0 Å². The van der Waals surface area contributed by atoms with Crippen LogP contribution in [0.15, 0.2) is 43.0 Å². The molecule has 21 heavy (non-hydrogen) atoms. The summed E-state index contributed by atoms with van der Waals surface area (Å²) in [6, 6.07) is 9.67. The van der Waals surface area contributed by atoms with Crippen molar-refractivity contribution in [3.63, 3.8) is 0 Å². The lowest BCUT2D eigenvalue weighted by molar-refractivity contribution is 0.0944. The molecule has 1 atom stereocenters. The molecule has 0 bridgehead atoms. The SMILES string of the molecule is C=CCn1c(N)c(C(=O)NC(C)c2ccccc2)sc1=S. The second kappa shape index (κ2) is 6.69. The van der Waals surface area contributed by atoms with Crippen LogP contribution in [0.3, 0.4) is 0 Å². The molecule has 0 aliphatic heterocycles. The number of nitrogen functional groups attached to an aromatic ring is 1. The number of rotatable bonds is 5. The Morgan fingerprint density at radius 2 is 2.19 bits per heavy atom. The molecule has 1 aromatic heterocycles. The monoisotopic (exact) mass is 319 g/mol. The van der Waals surface area contributed by atoms with E-state index in [4.69, 9.17) is 18.0 Å². The molecule has 0 aliphatic rings. The number of allylic oxidation sites excluding steroid dienone is 1. The zero-order valence-electron chi connectivity index (χ0n) is 11.7. The molecule has 2 aromatic rings. The summed E-state index contributed by atoms with van der Waals surface area (Å²) in [4.78, 5) is 12.8. The first-order valence-corrected chi connectivity index (χ1v) is 7.73. The van der Waals surface area contributed by atoms with Crippen LogP contribution in [0.1, 0.15) is 28.2 Å². The van der Waals surface area contributed by atoms with Gasteiger partial charge in [-0.15, -0.1) is 6.58 Å². The summed E-state index contributed by atoms with van der Waals surface area (Å²) >= 11 is 6.44. The standard InChI is InChI=1S/C15H17N3OS2/c1-3-9-18-13(16)12(21-15(18)20)14(19)17-10(2)11-7-5-4-6-8-11/h3-8,10H,1,9,16H2,2H3,(H,17,19). The topological polar surface area (TPSA) is 60.0 Å². The molecule has 0 radical (unpaired) electrons. The van der Waals surface area contributed by atoms with Gasteiger partial charge in [-0.25, -0.2) is 0 Å². The predicted molar refractivity (Wildman–Crippen MR) is 90.1 cm³/mol. The highest BCUT2D eigenvalue weighted by atomic mass is 32.1. The van der Waals surface area contributed by atoms with Crippen LogP contribution in [-0.2, 0) is 6.54 Å². The summed E-state index contributed by atoms with van der Waals surface area (Å²) in [6.07, 6.45) is 1.70. The number of anilines is 1. The van der Waals surface area contributed by atoms with Gasteiger partial charge in [-0.05, 0) is 24.7 Å². The number of hydrogen-bond donors (Lipinski definition) is 2. The molecule has 0 spiro atoms. The minimum atomic E-state index is -0.206. The lowest BCUT2D eigenvalue weighted by Gasteiger charge is -2.13. The summed E-state index contributed by atoms with van der Waals surface area (Å²) in [5.74, 6) is 0.186. The van der Waals surface area contributed by atoms with Gasteiger partial charge >= 0.3 is 0 Å². The second-order valence-electron chi connectivity index (χ2n) is 4.59. The smallest absolute Gasteiger partial charge is 0.265 e. The lowest BCUT2D eigenvalue weighted by atomic mass is 10.1. The number of aromatic nitrogens is 1. The van der Waals surface area contributed by atoms with Gasteiger partial charge < -0.3 is 15.6 Å². The van der Waals surface area contributed by atoms with Crippen molar-refractivity contribution in [2.75, 3.05) is 5.73 Å². The average Bonchev–Trinajstić information content (AvgIpc) is 2.76. The van der Waals surface area contributed by atoms with Gasteiger partial charge in [0.2, 0.25) is 0 Å². The van der Waals surface area contributed by atoms with Gasteiger partial charge in [0.05, 0.1) is 6.04 Å². The molecule has 1 amide bonds. The molecule has 1 unspecified atom stereocenters. The quantitative estimate of drug-likeness (QED) is 0.654. The Kier molecular flexibility index (Phi) is 4.93. The van der Waals surface area contributed by atoms with E-state index in [-0.39, 0.29) is 11.9 Å². The minimum absolute atomic E-state index is 0.0957. The summed E-state index contributed by atoms with van der Waals surface area (Å²) in [7, 11) is 0. The Balaban J connectivity index is 2.20. The molecule has 110 valence electrons. The molecule has 0 fully saturated rings. The Hall–Kier alpha value is -1.92. The molecular weight excluding hydrogens is 302 g/mol. The number of amides is 1. The highest BCUT2D eigenvalue weighted by Crippen LogP contribution is 2.23. The molecule has 1 aromatic carbocycles. The van der Waals surface area contributed by atoms with Crippen LogP contribution in [0.5, 0.6) is 0 Å². The van der Waals surface area contributed by atoms with Gasteiger partial charge in [-0.2, -0.15) is 0 Å². The summed E-state index contributed by atoms with van der Waals surface area (Å²) in [5, 5.41) is 2.94. The van der Waals surface area contributed by atoms with Gasteiger partial charge in [-0.1, -0.05) is 47.7 Å². The van der Waals surface area contributed by atoms with E-state index in [1.54, 1.807) is 10.6 Å². The number of carbonyl (C=O) groups is 1. The Bertz CT molecular complexity index is 703. The van der Waals surface area contributed by atoms with Crippen molar-refractivity contribution >= 4 is 35.3 Å². The Morgan fingerprint density at radius 3 is 2.81 bits per heavy atom. The van der Waals surface area contributed by atoms with Crippen LogP contribution in [0.2, 0.25) is 0 Å². The first-order valence-electron chi connectivity index (χ1n) is 6.50. The molecule has 0 saturated heterocycles. The van der Waals surface area contributed by atoms with Crippen LogP contribution < -0.4 is 11.1 Å². The molecule has 2 rings (SSSR count). The second-order valence-corrected chi connectivity index (χ2v) is 6.23. The third kappa shape index (κ3) is 3.40. The van der Waals surface area contributed by atoms with E-state index >= 15 is 0 Å². The lowest BCUT2D eigenvalue weighted by Crippen LogP contribution is -2.26. The van der Waals surface area contributed by atoms with Crippen LogP contribution in [0, 0.1) is 3.95 Å². The first-order chi connectivity index (χ1) is 10.0. The van der Waals surface area contributed by atoms with E-state index in [1.165, 1.54) is 11.3 Å². The Labute approximate surface area is 132 Å². The number of nitrogens with two attached hydrogens (primary N) is 1. The third-order valence-corrected chi connectivity index (χ3v) is 4.56. The largest absolute Gasteiger partial charge is 0.384 e. The number of nitrogens with one attached hydrogen (secondary N) is 1. The van der Waals surface area contributed by atoms with Crippen molar-refractivity contribution in [1.82, 2.24) is 9.88 Å². The predicted octanol–water partition coefficient (Wildman–Crippen LogP) is 3.54. The van der Waals surface area contributed by atoms with Gasteiger partial charge in [0.25, 0.3) is 5.91 Å². The number of thiazole rings is 1. The van der Waals surface area contributed by atoms with Crippen LogP contribution in [0.4, 0.5) is 5.82 Å². The number of nitrogens with zero attached hydrogens (tertiary/aromatic N) is 1. The van der Waals surface area contributed by atoms with Crippen LogP contribution in [0.25, 0.3) is 0 Å². The van der Waals surface area contributed by atoms with Crippen molar-refractivity contribution in [2.45, 2.75) is 19.5 Å². The third-order valence-electron chi connectivity index (χ3n) is 3.10. The molecule has 6 heteroatoms. The van der Waals surface area contributed by atoms with Gasteiger partial charge in [-0.3, -0.25) is 4.79 Å². The molecule has 4 nitrogen and oxygen atoms in total. The highest BCUT2D eigenvalue weighted by Gasteiger charge is 2.18. The van der Waals surface area contributed by atoms with Crippen molar-refractivity contribution < 1.29 is 4.79 Å². The number of benzene rings is 1. The van der Waals surface area contributed by atoms with Gasteiger partial charge in [0.15, 0.2) is 3.95 Å². The van der Waals surface area contributed by atoms with Gasteiger partial charge in [0.1, 0.15) is 10.7 Å². The zero-order chi connectivity index (χ0) is 15.4. The normalized spacial score (nSPS) is 11.9. The van der Waals surface area contributed by atoms with E-state index in [1.807, 2.05) is 37.3 Å². The first kappa shape index (κ1) is 15.5. The fourth-order valence-electron chi connectivity index (χ4n) is 1.97. The van der Waals surface area contributed by atoms with Gasteiger partial charge in [0, 0.05) is 6.54 Å². The number of carbonyl (C=O) groups excluding carboxylic acids is 1. The van der Waals surface area contributed by atoms with Crippen molar-refractivity contribution in [3.8, 4) is 0 Å². The van der Waals surface area contributed by atoms with Crippen LogP contribution >= 0.6 is 23.6 Å². The zero-order valence-corrected chi connectivity index (χ0v) is 13.3. The molecule has 1 heterocycles. The van der Waals surface area contributed by atoms with E-state index in [9.17, 15) is 4.79 Å². The van der Waals surface area contributed by atoms with Crippen molar-refractivity contribution in [1.29, 1.82) is 0 Å². The molecule has 0 saturated carbocycles. The van der Waals surface area contributed by atoms with E-state index in [2.05, 4.69) is 11.9 Å². The van der Waals surface area contributed by atoms with E-state index in [0.29, 0.717) is 21.2 Å². The highest BCUT2D eigenvalue weighted by molar-refractivity contribution is 7.73. The van der Waals surface area contributed by atoms with E-state index in [0.717, 1.165) is 5.56 Å². The summed E-state index contributed by atoms with van der Waals surface area (Å²) < 4.78 is 2.28. The fraction of sp³-hybridized carbons (Fsp3) is 0.200. The summed E-state index contributed by atoms with van der Waals surface area (Å²) in [5.41, 5.74) is 7.04. The van der Waals surface area contributed by atoms with Crippen LogP contribution in [-0.4, -0.2) is 10.5 Å². The maximum Gasteiger partial charge on any atom is 0.265 e. The molecule has 0 aliphatic carbocycles. The molecular formula is C15H17N3OS2.